The van der Waals surface area contributed by atoms with E-state index in [-0.39, 0.29) is 34.3 Å². The second-order valence-electron chi connectivity index (χ2n) is 8.64. The monoisotopic (exact) mass is 516 g/mol. The second-order valence-corrected chi connectivity index (χ2v) is 8.64. The average molecular weight is 517 g/mol. The molecule has 37 heavy (non-hydrogen) atoms. The Labute approximate surface area is 213 Å². The van der Waals surface area contributed by atoms with Gasteiger partial charge in [-0.15, -0.1) is 0 Å². The van der Waals surface area contributed by atoms with Crippen molar-refractivity contribution in [2.75, 3.05) is 59.3 Å². The molecular weight excluding hydrogens is 486 g/mol. The van der Waals surface area contributed by atoms with Crippen molar-refractivity contribution in [2.45, 2.75) is 13.2 Å². The highest BCUT2D eigenvalue weighted by Gasteiger charge is 2.20. The lowest BCUT2D eigenvalue weighted by atomic mass is 10.1. The summed E-state index contributed by atoms with van der Waals surface area (Å²) in [6, 6.07) is 4.39. The van der Waals surface area contributed by atoms with Crippen LogP contribution in [0.15, 0.2) is 41.6 Å². The molecular formula is C25H30F2N6O4. The number of rotatable bonds is 10. The number of nitrogens with one attached hydrogen (secondary N) is 1. The summed E-state index contributed by atoms with van der Waals surface area (Å²) in [6.45, 7) is 5.08. The molecule has 0 amide bonds. The zero-order chi connectivity index (χ0) is 26.4. The molecule has 0 unspecified atom stereocenters. The smallest absolute Gasteiger partial charge is 0.252 e. The van der Waals surface area contributed by atoms with E-state index in [1.807, 2.05) is 0 Å². The number of ether oxygens (including phenoxy) is 3. The molecule has 1 N–H and O–H groups in total. The molecule has 198 valence electrons. The minimum Gasteiger partial charge on any atom is -0.494 e. The third-order valence-electron chi connectivity index (χ3n) is 6.18. The molecule has 0 saturated carbocycles. The summed E-state index contributed by atoms with van der Waals surface area (Å²) in [5.74, 6) is -1.63. The Balaban J connectivity index is 1.34. The number of hydrogen-bond acceptors (Lipinski definition) is 9. The third kappa shape index (κ3) is 6.52. The largest absolute Gasteiger partial charge is 0.494 e. The van der Waals surface area contributed by atoms with Gasteiger partial charge in [0, 0.05) is 63.3 Å². The molecule has 0 spiro atoms. The van der Waals surface area contributed by atoms with E-state index in [0.29, 0.717) is 12.2 Å². The summed E-state index contributed by atoms with van der Waals surface area (Å²) in [4.78, 5) is 25.5. The highest BCUT2D eigenvalue weighted by atomic mass is 19.1. The first-order valence-corrected chi connectivity index (χ1v) is 11.8. The number of halogens is 2. The maximum absolute atomic E-state index is 14.5. The molecule has 2 aromatic heterocycles. The van der Waals surface area contributed by atoms with Crippen molar-refractivity contribution in [1.29, 1.82) is 0 Å². The summed E-state index contributed by atoms with van der Waals surface area (Å²) >= 11 is 0. The van der Waals surface area contributed by atoms with Crippen LogP contribution in [0.1, 0.15) is 5.56 Å². The van der Waals surface area contributed by atoms with E-state index in [0.717, 1.165) is 38.8 Å². The molecule has 4 rings (SSSR count). The number of anilines is 2. The van der Waals surface area contributed by atoms with Gasteiger partial charge in [-0.25, -0.2) is 18.7 Å². The van der Waals surface area contributed by atoms with Crippen LogP contribution in [0.5, 0.6) is 17.2 Å². The Kier molecular flexibility index (Phi) is 8.51. The maximum atomic E-state index is 14.5. The zero-order valence-corrected chi connectivity index (χ0v) is 21.0. The van der Waals surface area contributed by atoms with Crippen molar-refractivity contribution in [1.82, 2.24) is 24.3 Å². The predicted molar refractivity (Wildman–Crippen MR) is 134 cm³/mol. The maximum Gasteiger partial charge on any atom is 0.252 e. The van der Waals surface area contributed by atoms with Crippen molar-refractivity contribution in [2.24, 2.45) is 0 Å². The molecule has 10 nitrogen and oxygen atoms in total. The summed E-state index contributed by atoms with van der Waals surface area (Å²) in [6.07, 6.45) is 4.46. The lowest BCUT2D eigenvalue weighted by molar-refractivity contribution is 0.149. The van der Waals surface area contributed by atoms with E-state index in [4.69, 9.17) is 14.2 Å². The Morgan fingerprint density at radius 3 is 2.22 bits per heavy atom. The fraction of sp³-hybridized carbons (Fsp3) is 0.400. The zero-order valence-electron chi connectivity index (χ0n) is 21.0. The Morgan fingerprint density at radius 1 is 0.973 bits per heavy atom. The Morgan fingerprint density at radius 2 is 1.62 bits per heavy atom. The van der Waals surface area contributed by atoms with Crippen LogP contribution in [-0.4, -0.2) is 78.3 Å². The molecule has 1 aliphatic heterocycles. The first kappa shape index (κ1) is 26.3. The summed E-state index contributed by atoms with van der Waals surface area (Å²) in [5.41, 5.74) is 0.0746. The SMILES string of the molecule is COc1cc(OC)c(F)c(COc2cnc(Nc3ccn(CCN4CCN(C)CC4)c(=O)c3)nc2)c1F. The van der Waals surface area contributed by atoms with Gasteiger partial charge >= 0.3 is 0 Å². The Bertz CT molecular complexity index is 1240. The van der Waals surface area contributed by atoms with Gasteiger partial charge < -0.3 is 29.0 Å². The average Bonchev–Trinajstić information content (AvgIpc) is 2.90. The molecule has 0 radical (unpaired) electrons. The third-order valence-corrected chi connectivity index (χ3v) is 6.18. The summed E-state index contributed by atoms with van der Waals surface area (Å²) in [7, 11) is 4.66. The van der Waals surface area contributed by atoms with E-state index in [9.17, 15) is 13.6 Å². The second kappa shape index (κ2) is 12.0. The van der Waals surface area contributed by atoms with Gasteiger partial charge in [0.2, 0.25) is 5.95 Å². The number of benzene rings is 1. The van der Waals surface area contributed by atoms with Gasteiger partial charge in [-0.3, -0.25) is 9.69 Å². The number of pyridine rings is 1. The molecule has 1 aliphatic rings. The van der Waals surface area contributed by atoms with Crippen LogP contribution in [0.4, 0.5) is 20.4 Å². The molecule has 12 heteroatoms. The predicted octanol–water partition coefficient (Wildman–Crippen LogP) is 2.50. The van der Waals surface area contributed by atoms with Crippen LogP contribution in [0.2, 0.25) is 0 Å². The lowest BCUT2D eigenvalue weighted by Gasteiger charge is -2.32. The minimum absolute atomic E-state index is 0.128. The van der Waals surface area contributed by atoms with Crippen LogP contribution in [0.25, 0.3) is 0 Å². The number of aromatic nitrogens is 3. The number of likely N-dealkylation sites (N-methyl/N-ethyl adjacent to an activating group) is 1. The van der Waals surface area contributed by atoms with Crippen molar-refractivity contribution < 1.29 is 23.0 Å². The highest BCUT2D eigenvalue weighted by molar-refractivity contribution is 5.51. The van der Waals surface area contributed by atoms with E-state index >= 15 is 0 Å². The molecule has 1 fully saturated rings. The standard InChI is InChI=1S/C25H30F2N6O4/c1-31-6-8-32(9-7-31)10-11-33-5-4-17(12-22(33)34)30-25-28-14-18(15-29-25)37-16-19-23(26)20(35-2)13-21(36-3)24(19)27/h4-5,12-15H,6-11,16H2,1-3H3,(H,28,29,30). The number of hydrogen-bond donors (Lipinski definition) is 1. The van der Waals surface area contributed by atoms with Crippen molar-refractivity contribution in [3.05, 3.63) is 64.3 Å². The van der Waals surface area contributed by atoms with Gasteiger partial charge in [0.15, 0.2) is 28.9 Å². The first-order valence-electron chi connectivity index (χ1n) is 11.8. The van der Waals surface area contributed by atoms with Gasteiger partial charge in [0.1, 0.15) is 6.61 Å². The highest BCUT2D eigenvalue weighted by Crippen LogP contribution is 2.32. The fourth-order valence-corrected chi connectivity index (χ4v) is 3.89. The van der Waals surface area contributed by atoms with Gasteiger partial charge in [-0.1, -0.05) is 0 Å². The van der Waals surface area contributed by atoms with E-state index in [1.54, 1.807) is 16.8 Å². The van der Waals surface area contributed by atoms with Crippen molar-refractivity contribution in [3.8, 4) is 17.2 Å². The molecule has 1 aromatic carbocycles. The molecule has 0 bridgehead atoms. The fourth-order valence-electron chi connectivity index (χ4n) is 3.89. The van der Waals surface area contributed by atoms with Gasteiger partial charge in [-0.2, -0.15) is 0 Å². The van der Waals surface area contributed by atoms with Crippen molar-refractivity contribution in [3.63, 3.8) is 0 Å². The van der Waals surface area contributed by atoms with Crippen LogP contribution in [0.3, 0.4) is 0 Å². The lowest BCUT2D eigenvalue weighted by Crippen LogP contribution is -2.45. The Hall–Kier alpha value is -3.77. The van der Waals surface area contributed by atoms with Gasteiger partial charge in [0.25, 0.3) is 5.56 Å². The molecule has 3 aromatic rings. The topological polar surface area (TPSA) is 94.0 Å². The van der Waals surface area contributed by atoms with Crippen LogP contribution >= 0.6 is 0 Å². The minimum atomic E-state index is -0.877. The summed E-state index contributed by atoms with van der Waals surface area (Å²) in [5, 5.41) is 2.97. The van der Waals surface area contributed by atoms with E-state index in [2.05, 4.69) is 32.1 Å². The van der Waals surface area contributed by atoms with Crippen LogP contribution in [-0.2, 0) is 13.2 Å². The number of piperazine rings is 1. The normalized spacial score (nSPS) is 14.4. The van der Waals surface area contributed by atoms with E-state index < -0.39 is 18.2 Å². The molecule has 0 atom stereocenters. The van der Waals surface area contributed by atoms with Crippen LogP contribution < -0.4 is 25.1 Å². The quantitative estimate of drug-likeness (QED) is 0.436. The number of nitrogens with zero attached hydrogens (tertiary/aromatic N) is 5. The van der Waals surface area contributed by atoms with Crippen molar-refractivity contribution >= 4 is 11.6 Å². The van der Waals surface area contributed by atoms with Gasteiger partial charge in [-0.05, 0) is 13.1 Å². The first-order chi connectivity index (χ1) is 17.9. The van der Waals surface area contributed by atoms with E-state index in [1.165, 1.54) is 32.7 Å². The summed E-state index contributed by atoms with van der Waals surface area (Å²) < 4.78 is 46.0. The van der Waals surface area contributed by atoms with Gasteiger partial charge in [0.05, 0.1) is 32.2 Å². The molecule has 1 saturated heterocycles. The number of methoxy groups -OCH3 is 2. The van der Waals surface area contributed by atoms with Crippen LogP contribution in [0, 0.1) is 11.6 Å². The molecule has 0 aliphatic carbocycles. The molecule has 3 heterocycles.